The number of methoxy groups -OCH3 is 3. The van der Waals surface area contributed by atoms with E-state index in [9.17, 15) is 51.4 Å². The molecule has 608 valence electrons. The van der Waals surface area contributed by atoms with Crippen molar-refractivity contribution in [3.05, 3.63) is 324 Å². The second-order valence-corrected chi connectivity index (χ2v) is 28.5. The van der Waals surface area contributed by atoms with E-state index in [1.807, 2.05) is 168 Å². The van der Waals surface area contributed by atoms with Crippen LogP contribution in [0, 0.1) is 78.7 Å². The van der Waals surface area contributed by atoms with Crippen molar-refractivity contribution in [2.45, 2.75) is 125 Å². The first-order valence-corrected chi connectivity index (χ1v) is 37.0. The lowest BCUT2D eigenvalue weighted by atomic mass is 9.98. The molecule has 3 unspecified atom stereocenters. The van der Waals surface area contributed by atoms with E-state index in [-0.39, 0.29) is 53.0 Å². The molecule has 3 atom stereocenters. The van der Waals surface area contributed by atoms with Crippen LogP contribution in [0.4, 0.5) is 32.8 Å². The van der Waals surface area contributed by atoms with Gasteiger partial charge in [-0.25, -0.2) is 36.7 Å². The van der Waals surface area contributed by atoms with Gasteiger partial charge in [-0.1, -0.05) is 209 Å². The van der Waals surface area contributed by atoms with Gasteiger partial charge in [-0.3, -0.25) is 9.59 Å². The lowest BCUT2D eigenvalue weighted by molar-refractivity contribution is -0.140. The van der Waals surface area contributed by atoms with Crippen molar-refractivity contribution in [3.8, 4) is 28.4 Å². The van der Waals surface area contributed by atoms with Gasteiger partial charge in [0.25, 0.3) is 0 Å². The molecule has 0 saturated carbocycles. The van der Waals surface area contributed by atoms with Crippen LogP contribution in [0.5, 0.6) is 17.2 Å². The lowest BCUT2D eigenvalue weighted by Crippen LogP contribution is -2.44. The van der Waals surface area contributed by atoms with Gasteiger partial charge in [-0.2, -0.15) is 0 Å². The number of hydrogen-bond acceptors (Lipinski definition) is 12. The molecule has 0 bridgehead atoms. The number of nitrogens with two attached hydrogens (primary N) is 1. The molecule has 1 aliphatic carbocycles. The number of ether oxygens (including phenoxy) is 5. The maximum absolute atomic E-state index is 12.6. The number of anilines is 1. The Labute approximate surface area is 679 Å². The minimum atomic E-state index is -1.09. The second kappa shape index (κ2) is 46.3. The minimum absolute atomic E-state index is 0.0662. The molecule has 0 aliphatic heterocycles. The summed E-state index contributed by atoms with van der Waals surface area (Å²) in [5.41, 5.74) is 20.1. The molecule has 10 aromatic rings. The molecule has 0 radical (unpaired) electrons. The summed E-state index contributed by atoms with van der Waals surface area (Å²) in [6.07, 6.45) is 2.46. The zero-order valence-electron chi connectivity index (χ0n) is 66.6. The van der Waals surface area contributed by atoms with Crippen molar-refractivity contribution in [1.82, 2.24) is 10.6 Å². The van der Waals surface area contributed by atoms with Crippen molar-refractivity contribution in [1.29, 1.82) is 0 Å². The summed E-state index contributed by atoms with van der Waals surface area (Å²) in [6, 6.07) is 59.9. The summed E-state index contributed by atoms with van der Waals surface area (Å²) in [7, 11) is 4.64. The zero-order valence-corrected chi connectivity index (χ0v) is 68.1. The highest BCUT2D eigenvalue weighted by Crippen LogP contribution is 2.45. The van der Waals surface area contributed by atoms with Crippen LogP contribution in [0.1, 0.15) is 105 Å². The second-order valence-electron chi connectivity index (χ2n) is 27.6. The number of amides is 3. The van der Waals surface area contributed by atoms with Crippen LogP contribution in [-0.4, -0.2) is 103 Å². The van der Waals surface area contributed by atoms with Gasteiger partial charge in [0.1, 0.15) is 42.0 Å². The molecule has 0 aromatic heterocycles. The van der Waals surface area contributed by atoms with E-state index in [1.54, 1.807) is 96.5 Å². The Kier molecular flexibility index (Phi) is 37.7. The largest absolute Gasteiger partial charge is 0.493 e. The molecule has 3 amide bonds. The molecular weight excluding hydrogens is 1520 g/mol. The molecule has 0 heterocycles. The van der Waals surface area contributed by atoms with Gasteiger partial charge in [0, 0.05) is 36.1 Å². The summed E-state index contributed by atoms with van der Waals surface area (Å²) >= 11 is 10.9. The van der Waals surface area contributed by atoms with E-state index in [0.29, 0.717) is 45.9 Å². The Bertz CT molecular complexity index is 4820. The van der Waals surface area contributed by atoms with E-state index in [4.69, 9.17) is 62.8 Å². The number of rotatable bonds is 19. The average molecular weight is 1620 g/mol. The molecule has 1 aliphatic rings. The summed E-state index contributed by atoms with van der Waals surface area (Å²) in [4.78, 5) is 69.3. The fraction of sp³-hybridized carbons (Fsp3) is 0.253. The van der Waals surface area contributed by atoms with Gasteiger partial charge < -0.3 is 60.7 Å². The minimum Gasteiger partial charge on any atom is -0.493 e. The highest BCUT2D eigenvalue weighted by atomic mass is 35.5. The standard InChI is InChI=1S/C25H23NO4.C19H21NO4.C15H21NO4.C10H13NO2.C8H8F2.2C7H6ClF/c1-16-10-12-17(13-11-16)14-23(24(27)28)26-25(29)30-15-22-20-8-4-2-6-18(20)19-7-3-5-9-21(19)22;1-13-5-9-15(10-6-13)20-17(21)12-8-14-7-11-16(22-2)19(24-4)18(14)23-3;1-10-5-7-11(8-6-10)9-12(13(17)18)16-14(19)20-15(2,3)4;1-7-2-4-8(5-3-7)6-9(11)10(12)13;1-5-3-4-6(2)8(10)7(5)9;1-5-2-3-7(9)6(8)4-5;1-5-3-2-4-6(8)7(5)9/h2-13,22-23H,14-15H2,1H3,(H,26,29)(H,27,28);5-12H,1-4H3,(H,20,21);5-8,12H,9H2,1-4H3,(H,16,19)(H,17,18);2-5,9H,6,11H2,1H3,(H,12,13);3-4H,1-2H3;2*2-4H,1H3/b;12-8+;;;;;. The fourth-order valence-corrected chi connectivity index (χ4v) is 11.3. The van der Waals surface area contributed by atoms with Crippen LogP contribution >= 0.6 is 23.2 Å². The molecule has 115 heavy (non-hydrogen) atoms. The number of aryl methyl sites for hydroxylation is 8. The number of carbonyl (C=O) groups excluding carboxylic acids is 3. The van der Waals surface area contributed by atoms with Gasteiger partial charge in [-0.15, -0.1) is 0 Å². The normalized spacial score (nSPS) is 11.6. The fourth-order valence-electron chi connectivity index (χ4n) is 10.8. The van der Waals surface area contributed by atoms with Gasteiger partial charge >= 0.3 is 30.1 Å². The maximum atomic E-state index is 12.6. The van der Waals surface area contributed by atoms with Crippen molar-refractivity contribution in [2.24, 2.45) is 5.73 Å². The Balaban J connectivity index is 0.000000251. The molecule has 10 aromatic carbocycles. The monoisotopic (exact) mass is 1620 g/mol. The number of carbonyl (C=O) groups is 6. The van der Waals surface area contributed by atoms with E-state index in [0.717, 1.165) is 72.4 Å². The summed E-state index contributed by atoms with van der Waals surface area (Å²) < 4.78 is 76.7. The average Bonchev–Trinajstić information content (AvgIpc) is 1.62. The topological polar surface area (TPSA) is 271 Å². The first-order chi connectivity index (χ1) is 54.4. The molecule has 0 spiro atoms. The summed E-state index contributed by atoms with van der Waals surface area (Å²) in [5.74, 6) is -4.02. The number of alkyl carbamates (subject to hydrolysis) is 2. The number of nitrogens with one attached hydrogen (secondary N) is 3. The van der Waals surface area contributed by atoms with Crippen LogP contribution in [-0.2, 0) is 47.9 Å². The highest BCUT2D eigenvalue weighted by Gasteiger charge is 2.31. The smallest absolute Gasteiger partial charge is 0.408 e. The van der Waals surface area contributed by atoms with Crippen molar-refractivity contribution in [3.63, 3.8) is 0 Å². The number of fused-ring (bicyclic) bond motifs is 3. The summed E-state index contributed by atoms with van der Waals surface area (Å²) in [5, 5.41) is 35.3. The molecule has 0 fully saturated rings. The van der Waals surface area contributed by atoms with Gasteiger partial charge in [0.2, 0.25) is 11.7 Å². The van der Waals surface area contributed by atoms with Crippen LogP contribution in [0.15, 0.2) is 212 Å². The first-order valence-electron chi connectivity index (χ1n) is 36.2. The van der Waals surface area contributed by atoms with Gasteiger partial charge in [0.15, 0.2) is 23.1 Å². The van der Waals surface area contributed by atoms with Crippen molar-refractivity contribution < 1.29 is 85.3 Å². The number of carboxylic acids is 3. The quantitative estimate of drug-likeness (QED) is 0.0293. The van der Waals surface area contributed by atoms with E-state index >= 15 is 0 Å². The lowest BCUT2D eigenvalue weighted by Gasteiger charge is -2.22. The number of benzene rings is 10. The summed E-state index contributed by atoms with van der Waals surface area (Å²) in [6.45, 7) is 19.9. The highest BCUT2D eigenvalue weighted by molar-refractivity contribution is 6.31. The number of halogens is 6. The molecule has 0 saturated heterocycles. The van der Waals surface area contributed by atoms with Crippen LogP contribution in [0.25, 0.3) is 17.2 Å². The molecule has 11 rings (SSSR count). The molecule has 18 nitrogen and oxygen atoms in total. The van der Waals surface area contributed by atoms with Crippen molar-refractivity contribution >= 4 is 71.0 Å². The number of hydrogen-bond donors (Lipinski definition) is 7. The van der Waals surface area contributed by atoms with Crippen LogP contribution in [0.3, 0.4) is 0 Å². The number of carboxylic acid groups (broad SMARTS) is 3. The number of aliphatic carboxylic acids is 3. The first kappa shape index (κ1) is 93.6. The van der Waals surface area contributed by atoms with Gasteiger partial charge in [0.05, 0.1) is 31.4 Å². The van der Waals surface area contributed by atoms with Crippen molar-refractivity contribution in [2.75, 3.05) is 33.3 Å². The third-order valence-electron chi connectivity index (χ3n) is 17.1. The predicted molar refractivity (Wildman–Crippen MR) is 444 cm³/mol. The SMILES string of the molecule is COc1ccc(/C=C/C(=O)Nc2ccc(C)cc2)c(OC)c1OC.Cc1ccc(C)c(F)c1F.Cc1ccc(CC(N)C(=O)O)cc1.Cc1ccc(CC(NC(=O)OC(C)(C)C)C(=O)O)cc1.Cc1ccc(CC(NC(=O)OCC2c3ccccc3-c3ccccc32)C(=O)O)cc1.Cc1ccc(F)c(Cl)c1.Cc1cccc(Cl)c1F. The Hall–Kier alpha value is -12.0. The van der Waals surface area contributed by atoms with Crippen LogP contribution in [0.2, 0.25) is 10.0 Å². The van der Waals surface area contributed by atoms with E-state index in [1.165, 1.54) is 39.2 Å². The predicted octanol–water partition coefficient (Wildman–Crippen LogP) is 19.8. The van der Waals surface area contributed by atoms with E-state index in [2.05, 4.69) is 28.1 Å². The molecular formula is C91H98Cl2F4N4O14. The zero-order chi connectivity index (χ0) is 85.2. The van der Waals surface area contributed by atoms with Gasteiger partial charge in [-0.05, 0) is 192 Å². The Morgan fingerprint density at radius 2 is 0.913 bits per heavy atom. The third-order valence-corrected chi connectivity index (χ3v) is 17.7. The van der Waals surface area contributed by atoms with E-state index < -0.39 is 65.5 Å². The Morgan fingerprint density at radius 1 is 0.478 bits per heavy atom. The Morgan fingerprint density at radius 3 is 1.32 bits per heavy atom. The van der Waals surface area contributed by atoms with Crippen LogP contribution < -0.4 is 35.9 Å². The molecule has 8 N–H and O–H groups in total. The third kappa shape index (κ3) is 31.5. The maximum Gasteiger partial charge on any atom is 0.408 e. The molecule has 24 heteroatoms.